The largest absolute Gasteiger partial charge is 0.493 e. The van der Waals surface area contributed by atoms with Gasteiger partial charge in [-0.25, -0.2) is 0 Å². The fourth-order valence-electron chi connectivity index (χ4n) is 3.56. The number of hydrogen-bond donors (Lipinski definition) is 2. The SMILES string of the molecule is CCCCCCOc1ccc(Br)cc1C(=O)NC(=S)Nc1ccccc1C(=O)N1CCOCC1. The molecule has 3 rings (SSSR count). The third-order valence-corrected chi connectivity index (χ3v) is 6.07. The molecule has 1 aliphatic heterocycles. The van der Waals surface area contributed by atoms with Crippen LogP contribution in [0, 0.1) is 0 Å². The van der Waals surface area contributed by atoms with Crippen molar-refractivity contribution in [1.82, 2.24) is 10.2 Å². The molecule has 1 heterocycles. The maximum atomic E-state index is 13.0. The van der Waals surface area contributed by atoms with E-state index in [4.69, 9.17) is 21.7 Å². The van der Waals surface area contributed by atoms with E-state index in [-0.39, 0.29) is 16.9 Å². The smallest absolute Gasteiger partial charge is 0.261 e. The maximum absolute atomic E-state index is 13.0. The van der Waals surface area contributed by atoms with Gasteiger partial charge in [-0.05, 0) is 49.0 Å². The fourth-order valence-corrected chi connectivity index (χ4v) is 4.12. The van der Waals surface area contributed by atoms with E-state index in [0.717, 1.165) is 30.2 Å². The Morgan fingerprint density at radius 2 is 1.85 bits per heavy atom. The van der Waals surface area contributed by atoms with Gasteiger partial charge in [-0.1, -0.05) is 54.2 Å². The summed E-state index contributed by atoms with van der Waals surface area (Å²) in [7, 11) is 0. The van der Waals surface area contributed by atoms with E-state index < -0.39 is 0 Å². The lowest BCUT2D eigenvalue weighted by Crippen LogP contribution is -2.41. The number of carbonyl (C=O) groups is 2. The van der Waals surface area contributed by atoms with E-state index >= 15 is 0 Å². The number of benzene rings is 2. The highest BCUT2D eigenvalue weighted by Crippen LogP contribution is 2.24. The molecule has 0 unspecified atom stereocenters. The second-order valence-electron chi connectivity index (χ2n) is 7.91. The summed E-state index contributed by atoms with van der Waals surface area (Å²) in [4.78, 5) is 27.7. The van der Waals surface area contributed by atoms with Gasteiger partial charge in [0.05, 0.1) is 36.6 Å². The van der Waals surface area contributed by atoms with Crippen molar-refractivity contribution in [1.29, 1.82) is 0 Å². The Labute approximate surface area is 214 Å². The molecule has 0 radical (unpaired) electrons. The third kappa shape index (κ3) is 7.51. The Morgan fingerprint density at radius 3 is 2.62 bits per heavy atom. The highest BCUT2D eigenvalue weighted by molar-refractivity contribution is 9.10. The molecule has 1 saturated heterocycles. The molecule has 2 N–H and O–H groups in total. The number of nitrogens with one attached hydrogen (secondary N) is 2. The van der Waals surface area contributed by atoms with Gasteiger partial charge in [-0.15, -0.1) is 0 Å². The normalized spacial score (nSPS) is 13.3. The first-order valence-electron chi connectivity index (χ1n) is 11.5. The lowest BCUT2D eigenvalue weighted by atomic mass is 10.1. The molecule has 0 atom stereocenters. The van der Waals surface area contributed by atoms with Gasteiger partial charge in [0.1, 0.15) is 5.75 Å². The van der Waals surface area contributed by atoms with Crippen LogP contribution in [-0.4, -0.2) is 54.7 Å². The van der Waals surface area contributed by atoms with Crippen molar-refractivity contribution in [2.75, 3.05) is 38.2 Å². The standard InChI is InChI=1S/C25H30BrN3O4S/c1-2-3-4-7-14-33-22-11-10-18(26)17-20(22)23(30)28-25(34)27-21-9-6-5-8-19(21)24(31)29-12-15-32-16-13-29/h5-6,8-11,17H,2-4,7,12-16H2,1H3,(H2,27,28,30,34). The molecule has 7 nitrogen and oxygen atoms in total. The first-order valence-corrected chi connectivity index (χ1v) is 12.7. The number of anilines is 1. The summed E-state index contributed by atoms with van der Waals surface area (Å²) in [5.74, 6) is 0.00788. The van der Waals surface area contributed by atoms with Gasteiger partial charge < -0.3 is 19.7 Å². The minimum Gasteiger partial charge on any atom is -0.493 e. The number of rotatable bonds is 9. The molecule has 2 amide bonds. The molecular weight excluding hydrogens is 518 g/mol. The molecule has 2 aromatic rings. The first-order chi connectivity index (χ1) is 16.5. The molecule has 2 aromatic carbocycles. The second-order valence-corrected chi connectivity index (χ2v) is 9.23. The quantitative estimate of drug-likeness (QED) is 0.339. The van der Waals surface area contributed by atoms with Crippen LogP contribution in [0.15, 0.2) is 46.9 Å². The number of ether oxygens (including phenoxy) is 2. The van der Waals surface area contributed by atoms with Crippen molar-refractivity contribution in [3.8, 4) is 5.75 Å². The average Bonchev–Trinajstić information content (AvgIpc) is 2.85. The zero-order valence-corrected chi connectivity index (χ0v) is 21.7. The lowest BCUT2D eigenvalue weighted by Gasteiger charge is -2.27. The van der Waals surface area contributed by atoms with Crippen LogP contribution in [0.4, 0.5) is 5.69 Å². The van der Waals surface area contributed by atoms with Crippen LogP contribution in [0.5, 0.6) is 5.75 Å². The first kappa shape index (κ1) is 26.1. The number of hydrogen-bond acceptors (Lipinski definition) is 5. The van der Waals surface area contributed by atoms with Crippen molar-refractivity contribution in [3.63, 3.8) is 0 Å². The molecular formula is C25H30BrN3O4S. The second kappa shape index (κ2) is 13.4. The summed E-state index contributed by atoms with van der Waals surface area (Å²) >= 11 is 8.80. The van der Waals surface area contributed by atoms with Gasteiger partial charge in [0.2, 0.25) is 0 Å². The van der Waals surface area contributed by atoms with E-state index in [9.17, 15) is 9.59 Å². The molecule has 1 aliphatic rings. The molecule has 9 heteroatoms. The maximum Gasteiger partial charge on any atom is 0.261 e. The summed E-state index contributed by atoms with van der Waals surface area (Å²) in [6.07, 6.45) is 4.33. The predicted octanol–water partition coefficient (Wildman–Crippen LogP) is 5.01. The predicted molar refractivity (Wildman–Crippen MR) is 141 cm³/mol. The zero-order valence-electron chi connectivity index (χ0n) is 19.3. The lowest BCUT2D eigenvalue weighted by molar-refractivity contribution is 0.0303. The van der Waals surface area contributed by atoms with Crippen molar-refractivity contribution in [3.05, 3.63) is 58.1 Å². The van der Waals surface area contributed by atoms with Crippen molar-refractivity contribution < 1.29 is 19.1 Å². The number of carbonyl (C=O) groups excluding carboxylic acids is 2. The summed E-state index contributed by atoms with van der Waals surface area (Å²) in [6, 6.07) is 12.4. The van der Waals surface area contributed by atoms with E-state index in [0.29, 0.717) is 55.5 Å². The Hall–Kier alpha value is -2.49. The summed E-state index contributed by atoms with van der Waals surface area (Å²) < 4.78 is 12.0. The molecule has 0 spiro atoms. The van der Waals surface area contributed by atoms with Crippen LogP contribution in [0.1, 0.15) is 53.3 Å². The Kier molecular flexibility index (Phi) is 10.3. The zero-order chi connectivity index (χ0) is 24.3. The van der Waals surface area contributed by atoms with Crippen molar-refractivity contribution in [2.45, 2.75) is 32.6 Å². The van der Waals surface area contributed by atoms with E-state index in [1.165, 1.54) is 0 Å². The molecule has 0 aromatic heterocycles. The average molecular weight is 549 g/mol. The van der Waals surface area contributed by atoms with Crippen molar-refractivity contribution >= 4 is 50.8 Å². The number of thiocarbonyl (C=S) groups is 1. The van der Waals surface area contributed by atoms with Crippen LogP contribution >= 0.6 is 28.1 Å². The molecule has 1 fully saturated rings. The number of unbranched alkanes of at least 4 members (excludes halogenated alkanes) is 3. The van der Waals surface area contributed by atoms with Crippen LogP contribution in [0.25, 0.3) is 0 Å². The number of halogens is 1. The molecule has 0 bridgehead atoms. The molecule has 0 aliphatic carbocycles. The van der Waals surface area contributed by atoms with Crippen LogP contribution < -0.4 is 15.4 Å². The molecule has 182 valence electrons. The Bertz CT molecular complexity index is 1010. The summed E-state index contributed by atoms with van der Waals surface area (Å²) in [5, 5.41) is 5.80. The van der Waals surface area contributed by atoms with Crippen molar-refractivity contribution in [2.24, 2.45) is 0 Å². The third-order valence-electron chi connectivity index (χ3n) is 5.37. The summed E-state index contributed by atoms with van der Waals surface area (Å²) in [6.45, 7) is 4.82. The van der Waals surface area contributed by atoms with Gasteiger partial charge in [0.25, 0.3) is 11.8 Å². The van der Waals surface area contributed by atoms with E-state index in [1.54, 1.807) is 35.2 Å². The highest BCUT2D eigenvalue weighted by atomic mass is 79.9. The van der Waals surface area contributed by atoms with Gasteiger partial charge in [0, 0.05) is 17.6 Å². The van der Waals surface area contributed by atoms with Crippen LogP contribution in [0.2, 0.25) is 0 Å². The number of morpholine rings is 1. The number of para-hydroxylation sites is 1. The molecule has 0 saturated carbocycles. The minimum absolute atomic E-state index is 0.0982. The highest BCUT2D eigenvalue weighted by Gasteiger charge is 2.22. The van der Waals surface area contributed by atoms with Gasteiger partial charge in [0.15, 0.2) is 5.11 Å². The topological polar surface area (TPSA) is 79.9 Å². The fraction of sp³-hybridized carbons (Fsp3) is 0.400. The summed E-state index contributed by atoms with van der Waals surface area (Å²) in [5.41, 5.74) is 1.40. The monoisotopic (exact) mass is 547 g/mol. The van der Waals surface area contributed by atoms with Crippen LogP contribution in [0.3, 0.4) is 0 Å². The van der Waals surface area contributed by atoms with E-state index in [1.807, 2.05) is 12.1 Å². The van der Waals surface area contributed by atoms with E-state index in [2.05, 4.69) is 33.5 Å². The van der Waals surface area contributed by atoms with Gasteiger partial charge in [-0.2, -0.15) is 0 Å². The number of amides is 2. The Morgan fingerprint density at radius 1 is 1.09 bits per heavy atom. The molecule has 34 heavy (non-hydrogen) atoms. The number of nitrogens with zero attached hydrogens (tertiary/aromatic N) is 1. The van der Waals surface area contributed by atoms with Gasteiger partial charge in [-0.3, -0.25) is 14.9 Å². The Balaban J connectivity index is 1.65. The minimum atomic E-state index is -0.389. The van der Waals surface area contributed by atoms with Gasteiger partial charge >= 0.3 is 0 Å². The van der Waals surface area contributed by atoms with Crippen LogP contribution in [-0.2, 0) is 4.74 Å².